The summed E-state index contributed by atoms with van der Waals surface area (Å²) in [7, 11) is 0. The smallest absolute Gasteiger partial charge is 0.137 e. The number of halogens is 2. The molecule has 0 heterocycles. The molecule has 0 aliphatic heterocycles. The third kappa shape index (κ3) is 3.49. The molecular weight excluding hydrogens is 313 g/mol. The molecule has 4 heteroatoms. The first-order chi connectivity index (χ1) is 8.72. The molecule has 1 aliphatic rings. The molecule has 1 aliphatic carbocycles. The van der Waals surface area contributed by atoms with Crippen LogP contribution >= 0.6 is 27.7 Å². The van der Waals surface area contributed by atoms with Crippen molar-refractivity contribution < 1.29 is 4.39 Å². The molecule has 1 N–H and O–H groups in total. The summed E-state index contributed by atoms with van der Waals surface area (Å²) in [4.78, 5) is 0. The summed E-state index contributed by atoms with van der Waals surface area (Å²) < 4.78 is 14.0. The van der Waals surface area contributed by atoms with E-state index in [4.69, 9.17) is 0 Å². The van der Waals surface area contributed by atoms with Crippen molar-refractivity contribution in [3.63, 3.8) is 0 Å². The number of rotatable bonds is 5. The summed E-state index contributed by atoms with van der Waals surface area (Å²) in [6.45, 7) is 2.95. The van der Waals surface area contributed by atoms with E-state index in [1.807, 2.05) is 17.8 Å². The maximum Gasteiger partial charge on any atom is 0.137 e. The van der Waals surface area contributed by atoms with Gasteiger partial charge in [0.2, 0.25) is 0 Å². The van der Waals surface area contributed by atoms with Crippen LogP contribution in [0.2, 0.25) is 0 Å². The van der Waals surface area contributed by atoms with Gasteiger partial charge in [0.25, 0.3) is 0 Å². The number of hydrogen-bond acceptors (Lipinski definition) is 2. The first kappa shape index (κ1) is 14.4. The Hall–Kier alpha value is -0.0600. The van der Waals surface area contributed by atoms with E-state index >= 15 is 0 Å². The number of benzene rings is 1. The van der Waals surface area contributed by atoms with Gasteiger partial charge in [-0.1, -0.05) is 25.5 Å². The normalized spacial score (nSPS) is 23.5. The molecule has 0 amide bonds. The lowest BCUT2D eigenvalue weighted by Gasteiger charge is -2.20. The van der Waals surface area contributed by atoms with Crippen LogP contribution < -0.4 is 5.32 Å². The van der Waals surface area contributed by atoms with Gasteiger partial charge in [0.1, 0.15) is 5.82 Å². The van der Waals surface area contributed by atoms with E-state index in [-0.39, 0.29) is 5.82 Å². The molecule has 1 aromatic rings. The molecule has 18 heavy (non-hydrogen) atoms. The molecule has 0 saturated heterocycles. The molecule has 0 bridgehead atoms. The Balaban J connectivity index is 1.93. The standard InChI is InChI=1S/C14H19BrFNS/c1-2-18-13-8-4-7-12(13)17-9-10-5-3-6-11(16)14(10)15/h3,5-6,12-13,17H,2,4,7-9H2,1H3. The number of thioether (sulfide) groups is 1. The molecule has 2 unspecified atom stereocenters. The van der Waals surface area contributed by atoms with Gasteiger partial charge in [-0.05, 0) is 46.2 Å². The van der Waals surface area contributed by atoms with Gasteiger partial charge in [-0.15, -0.1) is 0 Å². The molecule has 1 nitrogen and oxygen atoms in total. The van der Waals surface area contributed by atoms with Gasteiger partial charge in [-0.3, -0.25) is 0 Å². The van der Waals surface area contributed by atoms with Gasteiger partial charge in [0.15, 0.2) is 0 Å². The van der Waals surface area contributed by atoms with Crippen molar-refractivity contribution in [1.29, 1.82) is 0 Å². The predicted molar refractivity (Wildman–Crippen MR) is 80.5 cm³/mol. The molecule has 1 fully saturated rings. The van der Waals surface area contributed by atoms with Crippen molar-refractivity contribution in [3.05, 3.63) is 34.1 Å². The van der Waals surface area contributed by atoms with Crippen molar-refractivity contribution >= 4 is 27.7 Å². The fourth-order valence-electron chi connectivity index (χ4n) is 2.50. The molecule has 0 spiro atoms. The predicted octanol–water partition coefficient (Wildman–Crippen LogP) is 4.35. The van der Waals surface area contributed by atoms with E-state index in [2.05, 4.69) is 28.2 Å². The summed E-state index contributed by atoms with van der Waals surface area (Å²) in [5.41, 5.74) is 1.00. The SMILES string of the molecule is CCSC1CCCC1NCc1cccc(F)c1Br. The molecule has 2 atom stereocenters. The van der Waals surface area contributed by atoms with Crippen molar-refractivity contribution in [1.82, 2.24) is 5.32 Å². The van der Waals surface area contributed by atoms with E-state index in [9.17, 15) is 4.39 Å². The maximum atomic E-state index is 13.4. The monoisotopic (exact) mass is 331 g/mol. The van der Waals surface area contributed by atoms with Crippen LogP contribution in [0, 0.1) is 5.82 Å². The minimum absolute atomic E-state index is 0.180. The largest absolute Gasteiger partial charge is 0.309 e. The molecule has 2 rings (SSSR count). The first-order valence-corrected chi connectivity index (χ1v) is 8.34. The lowest BCUT2D eigenvalue weighted by molar-refractivity contribution is 0.528. The van der Waals surface area contributed by atoms with Crippen LogP contribution in [0.1, 0.15) is 31.7 Å². The highest BCUT2D eigenvalue weighted by Gasteiger charge is 2.26. The van der Waals surface area contributed by atoms with Crippen LogP contribution in [0.15, 0.2) is 22.7 Å². The van der Waals surface area contributed by atoms with Gasteiger partial charge in [-0.25, -0.2) is 4.39 Å². The highest BCUT2D eigenvalue weighted by molar-refractivity contribution is 9.10. The van der Waals surface area contributed by atoms with Gasteiger partial charge in [-0.2, -0.15) is 11.8 Å². The zero-order valence-electron chi connectivity index (χ0n) is 10.6. The van der Waals surface area contributed by atoms with Crippen LogP contribution in [0.3, 0.4) is 0 Å². The third-order valence-corrected chi connectivity index (χ3v) is 5.63. The van der Waals surface area contributed by atoms with Gasteiger partial charge >= 0.3 is 0 Å². The molecule has 1 aromatic carbocycles. The second kappa shape index (κ2) is 6.92. The maximum absolute atomic E-state index is 13.4. The fraction of sp³-hybridized carbons (Fsp3) is 0.571. The molecule has 0 radical (unpaired) electrons. The number of hydrogen-bond donors (Lipinski definition) is 1. The van der Waals surface area contributed by atoms with E-state index in [0.717, 1.165) is 17.4 Å². The third-order valence-electron chi connectivity index (χ3n) is 3.42. The Morgan fingerprint density at radius 3 is 3.06 bits per heavy atom. The average Bonchev–Trinajstić information content (AvgIpc) is 2.79. The van der Waals surface area contributed by atoms with Gasteiger partial charge in [0.05, 0.1) is 4.47 Å². The van der Waals surface area contributed by atoms with Crippen molar-refractivity contribution in [2.75, 3.05) is 5.75 Å². The first-order valence-electron chi connectivity index (χ1n) is 6.50. The van der Waals surface area contributed by atoms with E-state index < -0.39 is 0 Å². The quantitative estimate of drug-likeness (QED) is 0.860. The summed E-state index contributed by atoms with van der Waals surface area (Å²) in [6.07, 6.45) is 3.85. The topological polar surface area (TPSA) is 12.0 Å². The minimum atomic E-state index is -0.180. The summed E-state index contributed by atoms with van der Waals surface area (Å²) in [5, 5.41) is 4.31. The van der Waals surface area contributed by atoms with Crippen LogP contribution in [-0.2, 0) is 6.54 Å². The fourth-order valence-corrected chi connectivity index (χ4v) is 4.13. The summed E-state index contributed by atoms with van der Waals surface area (Å²) >= 11 is 5.36. The van der Waals surface area contributed by atoms with Crippen LogP contribution in [0.4, 0.5) is 4.39 Å². The summed E-state index contributed by atoms with van der Waals surface area (Å²) in [5.74, 6) is 0.993. The summed E-state index contributed by atoms with van der Waals surface area (Å²) in [6, 6.07) is 5.80. The van der Waals surface area contributed by atoms with Gasteiger partial charge < -0.3 is 5.32 Å². The van der Waals surface area contributed by atoms with E-state index in [1.54, 1.807) is 6.07 Å². The van der Waals surface area contributed by atoms with E-state index in [0.29, 0.717) is 10.5 Å². The lowest BCUT2D eigenvalue weighted by Crippen LogP contribution is -2.33. The second-order valence-electron chi connectivity index (χ2n) is 4.63. The minimum Gasteiger partial charge on any atom is -0.309 e. The Kier molecular flexibility index (Phi) is 5.52. The van der Waals surface area contributed by atoms with Crippen molar-refractivity contribution in [3.8, 4) is 0 Å². The highest BCUT2D eigenvalue weighted by Crippen LogP contribution is 2.30. The van der Waals surface area contributed by atoms with Crippen molar-refractivity contribution in [2.24, 2.45) is 0 Å². The zero-order chi connectivity index (χ0) is 13.0. The Bertz CT molecular complexity index is 399. The van der Waals surface area contributed by atoms with Crippen LogP contribution in [0.5, 0.6) is 0 Å². The van der Waals surface area contributed by atoms with Crippen LogP contribution in [-0.4, -0.2) is 17.0 Å². The second-order valence-corrected chi connectivity index (χ2v) is 6.93. The average molecular weight is 332 g/mol. The number of nitrogens with one attached hydrogen (secondary N) is 1. The molecule has 100 valence electrons. The Labute approximate surface area is 121 Å². The molecular formula is C14H19BrFNS. The molecule has 1 saturated carbocycles. The Morgan fingerprint density at radius 1 is 1.44 bits per heavy atom. The van der Waals surface area contributed by atoms with Crippen molar-refractivity contribution in [2.45, 2.75) is 44.0 Å². The molecule has 0 aromatic heterocycles. The zero-order valence-corrected chi connectivity index (χ0v) is 13.0. The highest BCUT2D eigenvalue weighted by atomic mass is 79.9. The lowest BCUT2D eigenvalue weighted by atomic mass is 10.2. The van der Waals surface area contributed by atoms with Gasteiger partial charge in [0, 0.05) is 17.8 Å². The van der Waals surface area contributed by atoms with Crippen LogP contribution in [0.25, 0.3) is 0 Å². The van der Waals surface area contributed by atoms with E-state index in [1.165, 1.54) is 31.1 Å². The Morgan fingerprint density at radius 2 is 2.28 bits per heavy atom.